The molecule has 2 aromatic heterocycles. The molecule has 0 bridgehead atoms. The number of benzene rings is 2. The molecule has 4 aromatic rings. The van der Waals surface area contributed by atoms with E-state index < -0.39 is 6.04 Å². The van der Waals surface area contributed by atoms with Gasteiger partial charge in [0, 0.05) is 16.0 Å². The molecule has 34 heavy (non-hydrogen) atoms. The minimum atomic E-state index is -0.782. The van der Waals surface area contributed by atoms with Crippen LogP contribution >= 0.6 is 11.3 Å². The first-order valence-corrected chi connectivity index (χ1v) is 11.7. The van der Waals surface area contributed by atoms with Gasteiger partial charge in [-0.3, -0.25) is 19.0 Å². The Kier molecular flexibility index (Phi) is 5.32. The maximum Gasteiger partial charge on any atom is 0.263 e. The highest BCUT2D eigenvalue weighted by atomic mass is 32.1. The van der Waals surface area contributed by atoms with E-state index in [1.807, 2.05) is 26.0 Å². The van der Waals surface area contributed by atoms with Gasteiger partial charge in [0.05, 0.1) is 23.4 Å². The molecule has 0 saturated carbocycles. The smallest absolute Gasteiger partial charge is 0.263 e. The fourth-order valence-corrected chi connectivity index (χ4v) is 5.24. The van der Waals surface area contributed by atoms with E-state index in [9.17, 15) is 14.4 Å². The molecule has 1 aliphatic heterocycles. The van der Waals surface area contributed by atoms with Crippen LogP contribution in [-0.2, 0) is 4.79 Å². The van der Waals surface area contributed by atoms with Crippen molar-refractivity contribution >= 4 is 38.9 Å². The largest absolute Gasteiger partial charge is 0.482 e. The molecule has 0 radical (unpaired) electrons. The first-order valence-electron chi connectivity index (χ1n) is 10.9. The normalized spacial score (nSPS) is 13.8. The van der Waals surface area contributed by atoms with Crippen molar-refractivity contribution in [1.82, 2.24) is 9.55 Å². The van der Waals surface area contributed by atoms with E-state index in [0.29, 0.717) is 27.2 Å². The lowest BCUT2D eigenvalue weighted by Gasteiger charge is -2.19. The highest BCUT2D eigenvalue weighted by molar-refractivity contribution is 7.19. The lowest BCUT2D eigenvalue weighted by atomic mass is 9.99. The summed E-state index contributed by atoms with van der Waals surface area (Å²) in [5, 5.41) is 3.24. The van der Waals surface area contributed by atoms with Crippen LogP contribution in [0.2, 0.25) is 0 Å². The van der Waals surface area contributed by atoms with Crippen LogP contribution in [-0.4, -0.2) is 27.8 Å². The number of rotatable bonds is 4. The summed E-state index contributed by atoms with van der Waals surface area (Å²) in [6.07, 6.45) is 1.44. The van der Waals surface area contributed by atoms with Crippen molar-refractivity contribution in [2.75, 3.05) is 11.9 Å². The Hall–Kier alpha value is -3.78. The Balaban J connectivity index is 1.58. The van der Waals surface area contributed by atoms with Crippen molar-refractivity contribution in [2.24, 2.45) is 0 Å². The number of amides is 1. The van der Waals surface area contributed by atoms with Crippen molar-refractivity contribution in [3.8, 4) is 16.9 Å². The minimum Gasteiger partial charge on any atom is -0.482 e. The summed E-state index contributed by atoms with van der Waals surface area (Å²) in [7, 11) is 0. The Labute approximate surface area is 200 Å². The van der Waals surface area contributed by atoms with Gasteiger partial charge in [-0.05, 0) is 62.6 Å². The third-order valence-electron chi connectivity index (χ3n) is 6.30. The van der Waals surface area contributed by atoms with Crippen LogP contribution in [0.25, 0.3) is 21.3 Å². The molecule has 0 spiro atoms. The Morgan fingerprint density at radius 3 is 2.68 bits per heavy atom. The highest BCUT2D eigenvalue weighted by Gasteiger charge is 2.24. The molecule has 5 rings (SSSR count). The van der Waals surface area contributed by atoms with E-state index in [-0.39, 0.29) is 23.9 Å². The molecule has 1 atom stereocenters. The van der Waals surface area contributed by atoms with E-state index in [1.165, 1.54) is 27.8 Å². The van der Waals surface area contributed by atoms with Gasteiger partial charge in [0.25, 0.3) is 11.5 Å². The predicted octanol–water partition coefficient (Wildman–Crippen LogP) is 4.83. The molecule has 0 fully saturated rings. The van der Waals surface area contributed by atoms with Crippen LogP contribution in [0, 0.1) is 20.8 Å². The quantitative estimate of drug-likeness (QED) is 0.429. The standard InChI is InChI=1S/C26H23N3O4S/c1-13-5-6-17(9-14(13)2)22-16(4)34-25-23(22)26(32)29(12-27-25)15(3)24(31)18-7-8-20-19(10-18)28-21(30)11-33-20/h5-10,12,15H,11H2,1-4H3,(H,28,30). The maximum atomic E-state index is 13.6. The number of ketones is 1. The Bertz CT molecular complexity index is 1550. The molecule has 3 heterocycles. The van der Waals surface area contributed by atoms with E-state index in [1.54, 1.807) is 25.1 Å². The number of Topliss-reactive ketones (excluding diaryl/α,β-unsaturated/α-hetero) is 1. The number of nitrogens with one attached hydrogen (secondary N) is 1. The molecular formula is C26H23N3O4S. The second-order valence-electron chi connectivity index (χ2n) is 8.56. The number of aromatic nitrogens is 2. The van der Waals surface area contributed by atoms with E-state index >= 15 is 0 Å². The summed E-state index contributed by atoms with van der Waals surface area (Å²) in [6.45, 7) is 7.71. The van der Waals surface area contributed by atoms with Gasteiger partial charge in [0.1, 0.15) is 10.6 Å². The van der Waals surface area contributed by atoms with E-state index in [0.717, 1.165) is 21.6 Å². The number of anilines is 1. The summed E-state index contributed by atoms with van der Waals surface area (Å²) in [5.74, 6) is -0.0240. The first kappa shape index (κ1) is 22.0. The summed E-state index contributed by atoms with van der Waals surface area (Å²) >= 11 is 1.48. The summed E-state index contributed by atoms with van der Waals surface area (Å²) in [4.78, 5) is 44.8. The average Bonchev–Trinajstić information content (AvgIpc) is 3.16. The van der Waals surface area contributed by atoms with Crippen molar-refractivity contribution in [3.05, 3.63) is 74.6 Å². The SMILES string of the molecule is Cc1ccc(-c2c(C)sc3ncn(C(C)C(=O)c4ccc5c(c4)NC(=O)CO5)c(=O)c23)cc1C. The zero-order valence-corrected chi connectivity index (χ0v) is 20.1. The number of carbonyl (C=O) groups is 2. The lowest BCUT2D eigenvalue weighted by molar-refractivity contribution is -0.118. The van der Waals surface area contributed by atoms with Crippen LogP contribution in [0.4, 0.5) is 5.69 Å². The molecule has 2 aromatic carbocycles. The molecule has 0 aliphatic carbocycles. The minimum absolute atomic E-state index is 0.0549. The van der Waals surface area contributed by atoms with Crippen molar-refractivity contribution in [2.45, 2.75) is 33.7 Å². The molecule has 1 unspecified atom stereocenters. The highest BCUT2D eigenvalue weighted by Crippen LogP contribution is 2.36. The predicted molar refractivity (Wildman–Crippen MR) is 133 cm³/mol. The number of ether oxygens (including phenoxy) is 1. The van der Waals surface area contributed by atoms with Crippen LogP contribution in [0.5, 0.6) is 5.75 Å². The molecule has 7 nitrogen and oxygen atoms in total. The lowest BCUT2D eigenvalue weighted by Crippen LogP contribution is -2.29. The first-order chi connectivity index (χ1) is 16.2. The second kappa shape index (κ2) is 8.22. The van der Waals surface area contributed by atoms with Crippen molar-refractivity contribution in [3.63, 3.8) is 0 Å². The van der Waals surface area contributed by atoms with Gasteiger partial charge in [-0.1, -0.05) is 18.2 Å². The Morgan fingerprint density at radius 2 is 1.91 bits per heavy atom. The van der Waals surface area contributed by atoms with Gasteiger partial charge in [-0.2, -0.15) is 0 Å². The number of carbonyl (C=O) groups excluding carboxylic acids is 2. The number of fused-ring (bicyclic) bond motifs is 2. The number of hydrogen-bond donors (Lipinski definition) is 1. The molecule has 1 aliphatic rings. The van der Waals surface area contributed by atoms with Crippen LogP contribution in [0.3, 0.4) is 0 Å². The zero-order chi connectivity index (χ0) is 24.1. The van der Waals surface area contributed by atoms with Gasteiger partial charge < -0.3 is 10.1 Å². The number of aryl methyl sites for hydroxylation is 3. The maximum absolute atomic E-state index is 13.6. The van der Waals surface area contributed by atoms with Gasteiger partial charge in [-0.15, -0.1) is 11.3 Å². The fourth-order valence-electron chi connectivity index (χ4n) is 4.24. The second-order valence-corrected chi connectivity index (χ2v) is 9.76. The molecule has 8 heteroatoms. The molecule has 0 saturated heterocycles. The monoisotopic (exact) mass is 473 g/mol. The topological polar surface area (TPSA) is 90.3 Å². The number of hydrogen-bond acceptors (Lipinski definition) is 6. The summed E-state index contributed by atoms with van der Waals surface area (Å²) in [6, 6.07) is 10.2. The third-order valence-corrected chi connectivity index (χ3v) is 7.32. The number of nitrogens with zero attached hydrogens (tertiary/aromatic N) is 2. The van der Waals surface area contributed by atoms with E-state index in [4.69, 9.17) is 4.74 Å². The molecule has 1 amide bonds. The third kappa shape index (κ3) is 3.60. The molecule has 172 valence electrons. The van der Waals surface area contributed by atoms with Gasteiger partial charge in [0.2, 0.25) is 0 Å². The van der Waals surface area contributed by atoms with Crippen LogP contribution in [0.15, 0.2) is 47.5 Å². The van der Waals surface area contributed by atoms with E-state index in [2.05, 4.69) is 23.3 Å². The summed E-state index contributed by atoms with van der Waals surface area (Å²) < 4.78 is 6.75. The fraction of sp³-hybridized carbons (Fsp3) is 0.231. The van der Waals surface area contributed by atoms with Crippen molar-refractivity contribution in [1.29, 1.82) is 0 Å². The van der Waals surface area contributed by atoms with Gasteiger partial charge >= 0.3 is 0 Å². The zero-order valence-electron chi connectivity index (χ0n) is 19.3. The Morgan fingerprint density at radius 1 is 1.12 bits per heavy atom. The van der Waals surface area contributed by atoms with Crippen LogP contribution in [0.1, 0.15) is 39.3 Å². The molecule has 1 N–H and O–H groups in total. The molecular weight excluding hydrogens is 450 g/mol. The van der Waals surface area contributed by atoms with Gasteiger partial charge in [0.15, 0.2) is 12.4 Å². The van der Waals surface area contributed by atoms with Gasteiger partial charge in [-0.25, -0.2) is 4.98 Å². The summed E-state index contributed by atoms with van der Waals surface area (Å²) in [5.41, 5.74) is 4.73. The number of thiophene rings is 1. The van der Waals surface area contributed by atoms with Crippen molar-refractivity contribution < 1.29 is 14.3 Å². The average molecular weight is 474 g/mol. The van der Waals surface area contributed by atoms with Crippen LogP contribution < -0.4 is 15.6 Å².